The summed E-state index contributed by atoms with van der Waals surface area (Å²) in [5.41, 5.74) is 5.59. The fraction of sp³-hybridized carbons (Fsp3) is 0.429. The molecule has 0 radical (unpaired) electrons. The maximum atomic E-state index is 13.7. The normalized spacial score (nSPS) is 18.1. The Labute approximate surface area is 325 Å². The number of carbonyl (C=O) groups is 4. The molecule has 294 valence electrons. The molecule has 2 saturated heterocycles. The fourth-order valence-electron chi connectivity index (χ4n) is 8.00. The number of fused-ring (bicyclic) bond motifs is 2. The molecule has 4 N–H and O–H groups in total. The predicted molar refractivity (Wildman–Crippen MR) is 212 cm³/mol. The van der Waals surface area contributed by atoms with Crippen LogP contribution in [-0.2, 0) is 19.1 Å². The molecule has 5 aromatic rings. The van der Waals surface area contributed by atoms with Gasteiger partial charge in [-0.1, -0.05) is 58.0 Å². The van der Waals surface area contributed by atoms with Gasteiger partial charge in [-0.2, -0.15) is 0 Å². The summed E-state index contributed by atoms with van der Waals surface area (Å²) >= 11 is 0. The Morgan fingerprint density at radius 2 is 1.23 bits per heavy atom. The van der Waals surface area contributed by atoms with Gasteiger partial charge in [-0.05, 0) is 83.7 Å². The first-order valence-electron chi connectivity index (χ1n) is 19.3. The highest BCUT2D eigenvalue weighted by molar-refractivity contribution is 5.92. The predicted octanol–water partition coefficient (Wildman–Crippen LogP) is 6.86. The molecule has 3 aromatic carbocycles. The number of aromatic nitrogens is 4. The summed E-state index contributed by atoms with van der Waals surface area (Å²) in [4.78, 5) is 71.5. The molecule has 4 unspecified atom stereocenters. The lowest BCUT2D eigenvalue weighted by molar-refractivity contribution is -0.136. The average Bonchev–Trinajstić information content (AvgIpc) is 4.03. The van der Waals surface area contributed by atoms with Crippen LogP contribution in [0.4, 0.5) is 9.59 Å². The zero-order valence-corrected chi connectivity index (χ0v) is 32.7. The summed E-state index contributed by atoms with van der Waals surface area (Å²) < 4.78 is 9.55. The van der Waals surface area contributed by atoms with Gasteiger partial charge in [0.15, 0.2) is 0 Å². The third kappa shape index (κ3) is 7.64. The van der Waals surface area contributed by atoms with Crippen LogP contribution in [0.5, 0.6) is 0 Å². The smallest absolute Gasteiger partial charge is 0.407 e. The van der Waals surface area contributed by atoms with Crippen molar-refractivity contribution in [2.45, 2.75) is 77.5 Å². The number of ether oxygens (including phenoxy) is 2. The standard InChI is InChI=1S/C42H50N8O6/c1-23(2)35(47-41(53)55-5)39(51)49-17-7-9-33(49)37-43-22-32(46-37)28-14-12-25-11-13-26(19-29(25)20-28)27-15-16-30-31(21-27)45-38(44-30)34-10-8-18-50(34)40(52)36(24(3)4)48-42(54)56-6/h11-16,19-24,33-36H,7-10,17-18H2,1-6H3,(H,43,46)(H,44,45)(H,47,53)(H,48,54). The fourth-order valence-corrected chi connectivity index (χ4v) is 8.00. The van der Waals surface area contributed by atoms with Gasteiger partial charge < -0.3 is 39.9 Å². The first-order valence-corrected chi connectivity index (χ1v) is 19.3. The number of H-pyrrole nitrogens is 2. The van der Waals surface area contributed by atoms with Gasteiger partial charge in [-0.3, -0.25) is 9.59 Å². The molecule has 0 saturated carbocycles. The van der Waals surface area contributed by atoms with Crippen LogP contribution in [0.3, 0.4) is 0 Å². The first kappa shape index (κ1) is 38.4. The third-order valence-corrected chi connectivity index (χ3v) is 11.1. The van der Waals surface area contributed by atoms with E-state index >= 15 is 0 Å². The zero-order valence-electron chi connectivity index (χ0n) is 32.7. The number of alkyl carbamates (subject to hydrolysis) is 2. The van der Waals surface area contributed by atoms with Gasteiger partial charge in [0, 0.05) is 18.7 Å². The Bertz CT molecular complexity index is 2260. The SMILES string of the molecule is COC(=O)NC(C(=O)N1CCCC1c1ncc(-c2ccc3ccc(-c4ccc5nc(C6CCCN6C(=O)C(NC(=O)OC)C(C)C)[nH]c5c4)cc3c2)[nH]1)C(C)C. The van der Waals surface area contributed by atoms with E-state index in [4.69, 9.17) is 19.4 Å². The van der Waals surface area contributed by atoms with Crippen LogP contribution < -0.4 is 10.6 Å². The highest BCUT2D eigenvalue weighted by Gasteiger charge is 2.39. The molecule has 14 nitrogen and oxygen atoms in total. The number of methoxy groups -OCH3 is 2. The van der Waals surface area contributed by atoms with Gasteiger partial charge in [0.2, 0.25) is 11.8 Å². The van der Waals surface area contributed by atoms with Crippen LogP contribution in [0.2, 0.25) is 0 Å². The minimum atomic E-state index is -0.697. The van der Waals surface area contributed by atoms with Gasteiger partial charge in [0.25, 0.3) is 0 Å². The summed E-state index contributed by atoms with van der Waals surface area (Å²) in [6, 6.07) is 17.0. The third-order valence-electron chi connectivity index (χ3n) is 11.1. The van der Waals surface area contributed by atoms with E-state index in [2.05, 4.69) is 69.1 Å². The molecule has 2 aliphatic rings. The number of likely N-dealkylation sites (tertiary alicyclic amines) is 2. The van der Waals surface area contributed by atoms with Gasteiger partial charge >= 0.3 is 12.2 Å². The van der Waals surface area contributed by atoms with Crippen LogP contribution in [0, 0.1) is 11.8 Å². The summed E-state index contributed by atoms with van der Waals surface area (Å²) in [5, 5.41) is 7.57. The van der Waals surface area contributed by atoms with Gasteiger partial charge in [0.05, 0.1) is 49.2 Å². The second-order valence-corrected chi connectivity index (χ2v) is 15.4. The number of carbonyl (C=O) groups excluding carboxylic acids is 4. The van der Waals surface area contributed by atoms with Crippen molar-refractivity contribution in [2.24, 2.45) is 11.8 Å². The molecule has 0 spiro atoms. The van der Waals surface area contributed by atoms with Crippen LogP contribution >= 0.6 is 0 Å². The van der Waals surface area contributed by atoms with Crippen molar-refractivity contribution in [2.75, 3.05) is 27.3 Å². The number of hydrogen-bond acceptors (Lipinski definition) is 8. The summed E-state index contributed by atoms with van der Waals surface area (Å²) in [5.74, 6) is 0.936. The summed E-state index contributed by atoms with van der Waals surface area (Å²) in [6.07, 6.45) is 3.79. The number of imidazole rings is 2. The Morgan fingerprint density at radius 1 is 0.696 bits per heavy atom. The minimum Gasteiger partial charge on any atom is -0.453 e. The number of benzene rings is 3. The van der Waals surface area contributed by atoms with Gasteiger partial charge in [0.1, 0.15) is 23.7 Å². The molecule has 2 fully saturated rings. The molecular weight excluding hydrogens is 713 g/mol. The van der Waals surface area contributed by atoms with E-state index < -0.39 is 24.3 Å². The van der Waals surface area contributed by atoms with Crippen LogP contribution in [-0.4, -0.2) is 93.1 Å². The highest BCUT2D eigenvalue weighted by atomic mass is 16.5. The largest absolute Gasteiger partial charge is 0.453 e. The number of hydrogen-bond donors (Lipinski definition) is 4. The molecule has 4 amide bonds. The number of nitrogens with one attached hydrogen (secondary N) is 4. The van der Waals surface area contributed by atoms with Crippen LogP contribution in [0.1, 0.15) is 77.1 Å². The van der Waals surface area contributed by atoms with E-state index in [1.54, 1.807) is 0 Å². The topological polar surface area (TPSA) is 175 Å². The van der Waals surface area contributed by atoms with E-state index in [9.17, 15) is 19.2 Å². The lowest BCUT2D eigenvalue weighted by atomic mass is 9.99. The maximum absolute atomic E-state index is 13.7. The number of aromatic amines is 2. The lowest BCUT2D eigenvalue weighted by Gasteiger charge is -2.30. The molecule has 14 heteroatoms. The van der Waals surface area contributed by atoms with E-state index in [-0.39, 0.29) is 35.7 Å². The van der Waals surface area contributed by atoms with Crippen molar-refractivity contribution in [3.05, 3.63) is 72.4 Å². The van der Waals surface area contributed by atoms with Crippen LogP contribution in [0.25, 0.3) is 44.2 Å². The summed E-state index contributed by atoms with van der Waals surface area (Å²) in [7, 11) is 2.58. The van der Waals surface area contributed by atoms with Crippen molar-refractivity contribution in [1.29, 1.82) is 0 Å². The Hall–Kier alpha value is -5.92. The second kappa shape index (κ2) is 16.0. The van der Waals surface area contributed by atoms with Crippen molar-refractivity contribution in [1.82, 2.24) is 40.4 Å². The Balaban J connectivity index is 1.10. The minimum absolute atomic E-state index is 0.113. The molecule has 2 aromatic heterocycles. The van der Waals surface area contributed by atoms with Gasteiger partial charge in [-0.15, -0.1) is 0 Å². The van der Waals surface area contributed by atoms with Crippen LogP contribution in [0.15, 0.2) is 60.8 Å². The molecule has 7 rings (SSSR count). The molecule has 0 bridgehead atoms. The quantitative estimate of drug-likeness (QED) is 0.119. The Morgan fingerprint density at radius 3 is 1.82 bits per heavy atom. The van der Waals surface area contributed by atoms with Gasteiger partial charge in [-0.25, -0.2) is 19.6 Å². The number of nitrogens with zero attached hydrogens (tertiary/aromatic N) is 4. The molecular formula is C42H50N8O6. The van der Waals surface area contributed by atoms with Crippen molar-refractivity contribution >= 4 is 45.8 Å². The molecule has 0 aliphatic carbocycles. The number of amides is 4. The molecule has 2 aliphatic heterocycles. The van der Waals surface area contributed by atoms with Crippen molar-refractivity contribution < 1.29 is 28.7 Å². The van der Waals surface area contributed by atoms with E-state index in [1.807, 2.05) is 49.8 Å². The van der Waals surface area contributed by atoms with Crippen molar-refractivity contribution in [3.8, 4) is 22.4 Å². The van der Waals surface area contributed by atoms with E-state index in [0.29, 0.717) is 13.1 Å². The maximum Gasteiger partial charge on any atom is 0.407 e. The first-order chi connectivity index (χ1) is 26.9. The van der Waals surface area contributed by atoms with E-state index in [0.717, 1.165) is 81.5 Å². The second-order valence-electron chi connectivity index (χ2n) is 15.4. The molecule has 4 heterocycles. The van der Waals surface area contributed by atoms with E-state index in [1.165, 1.54) is 14.2 Å². The zero-order chi connectivity index (χ0) is 39.7. The lowest BCUT2D eigenvalue weighted by Crippen LogP contribution is -2.51. The number of rotatable bonds is 10. The highest BCUT2D eigenvalue weighted by Crippen LogP contribution is 2.36. The molecule has 56 heavy (non-hydrogen) atoms. The molecule has 4 atom stereocenters. The average molecular weight is 763 g/mol. The summed E-state index contributed by atoms with van der Waals surface area (Å²) in [6.45, 7) is 8.78. The van der Waals surface area contributed by atoms with Crippen molar-refractivity contribution in [3.63, 3.8) is 0 Å². The monoisotopic (exact) mass is 762 g/mol. The Kier molecular flexibility index (Phi) is 11.0.